The number of nitrogens with zero attached hydrogens (tertiary/aromatic N) is 4. The summed E-state index contributed by atoms with van der Waals surface area (Å²) in [5.74, 6) is -3.02. The summed E-state index contributed by atoms with van der Waals surface area (Å²) in [7, 11) is 0. The van der Waals surface area contributed by atoms with Crippen molar-refractivity contribution in [1.82, 2.24) is 20.1 Å². The van der Waals surface area contributed by atoms with Crippen LogP contribution in [-0.4, -0.2) is 78.0 Å². The van der Waals surface area contributed by atoms with Crippen LogP contribution in [0.2, 0.25) is 0 Å². The number of aromatic nitrogens is 1. The monoisotopic (exact) mass is 527 g/mol. The van der Waals surface area contributed by atoms with E-state index in [1.54, 1.807) is 23.2 Å². The van der Waals surface area contributed by atoms with Gasteiger partial charge in [-0.2, -0.15) is 0 Å². The Hall–Kier alpha value is -2.91. The Morgan fingerprint density at radius 3 is 2.66 bits per heavy atom. The third-order valence-corrected chi connectivity index (χ3v) is 7.71. The highest BCUT2D eigenvalue weighted by atomic mass is 19.3. The van der Waals surface area contributed by atoms with Gasteiger partial charge in [-0.1, -0.05) is 32.1 Å². The number of hydrogen-bond acceptors (Lipinski definition) is 5. The SMILES string of the molecule is C[C@@H]1CN(CC(=O)N2CC(C)(C)c3ncc(Cc4ccc(F)cc4)cc32)[C@@H](CN2C=CCC(F)(F)C2)CN1. The van der Waals surface area contributed by atoms with E-state index in [1.165, 1.54) is 18.2 Å². The molecule has 204 valence electrons. The first-order valence-corrected chi connectivity index (χ1v) is 13.3. The number of amides is 1. The van der Waals surface area contributed by atoms with Crippen LogP contribution in [-0.2, 0) is 16.6 Å². The lowest BCUT2D eigenvalue weighted by Gasteiger charge is -2.42. The van der Waals surface area contributed by atoms with Gasteiger partial charge >= 0.3 is 0 Å². The van der Waals surface area contributed by atoms with E-state index in [0.29, 0.717) is 32.6 Å². The third-order valence-electron chi connectivity index (χ3n) is 7.71. The zero-order valence-electron chi connectivity index (χ0n) is 22.3. The van der Waals surface area contributed by atoms with E-state index >= 15 is 0 Å². The largest absolute Gasteiger partial charge is 0.370 e. The Morgan fingerprint density at radius 2 is 1.92 bits per heavy atom. The van der Waals surface area contributed by atoms with E-state index in [2.05, 4.69) is 31.0 Å². The molecule has 4 heterocycles. The van der Waals surface area contributed by atoms with E-state index in [1.807, 2.05) is 17.2 Å². The van der Waals surface area contributed by atoms with Gasteiger partial charge in [0.2, 0.25) is 5.91 Å². The molecule has 9 heteroatoms. The molecule has 1 amide bonds. The fraction of sp³-hybridized carbons (Fsp3) is 0.517. The van der Waals surface area contributed by atoms with Crippen molar-refractivity contribution in [2.75, 3.05) is 44.2 Å². The summed E-state index contributed by atoms with van der Waals surface area (Å²) in [6.45, 7) is 8.42. The standard InChI is InChI=1S/C29H36F3N5O/c1-20-15-36(24(14-33-20)16-35-10-4-9-29(31,32)19-35)17-26(38)37-18-28(2,3)27-25(37)12-22(13-34-27)11-21-5-7-23(30)8-6-21/h4-8,10,12-13,20,24,33H,9,11,14-19H2,1-3H3/t20-,24-/m1/s1. The molecule has 1 aromatic heterocycles. The first-order chi connectivity index (χ1) is 18.0. The maximum absolute atomic E-state index is 14.0. The summed E-state index contributed by atoms with van der Waals surface area (Å²) in [5.41, 5.74) is 3.34. The first-order valence-electron chi connectivity index (χ1n) is 13.3. The zero-order chi connectivity index (χ0) is 27.1. The molecule has 0 saturated carbocycles. The van der Waals surface area contributed by atoms with Gasteiger partial charge in [0.25, 0.3) is 5.92 Å². The van der Waals surface area contributed by atoms with Crippen molar-refractivity contribution < 1.29 is 18.0 Å². The van der Waals surface area contributed by atoms with Gasteiger partial charge in [0.05, 0.1) is 24.5 Å². The summed E-state index contributed by atoms with van der Waals surface area (Å²) in [4.78, 5) is 24.1. The average Bonchev–Trinajstić information content (AvgIpc) is 3.12. The minimum absolute atomic E-state index is 0.0174. The number of piperazine rings is 1. The highest BCUT2D eigenvalue weighted by Crippen LogP contribution is 2.40. The molecule has 5 rings (SSSR count). The molecule has 0 aliphatic carbocycles. The van der Waals surface area contributed by atoms with Crippen LogP contribution in [0.15, 0.2) is 48.8 Å². The van der Waals surface area contributed by atoms with Crippen molar-refractivity contribution in [3.8, 4) is 0 Å². The lowest BCUT2D eigenvalue weighted by Crippen LogP contribution is -2.61. The van der Waals surface area contributed by atoms with Crippen LogP contribution in [0.5, 0.6) is 0 Å². The summed E-state index contributed by atoms with van der Waals surface area (Å²) in [5, 5.41) is 3.44. The minimum atomic E-state index is -2.73. The van der Waals surface area contributed by atoms with Crippen molar-refractivity contribution in [3.63, 3.8) is 0 Å². The highest BCUT2D eigenvalue weighted by molar-refractivity contribution is 5.97. The molecular weight excluding hydrogens is 491 g/mol. The molecule has 0 unspecified atom stereocenters. The number of carbonyl (C=O) groups is 1. The number of allylic oxidation sites excluding steroid dienone is 1. The smallest absolute Gasteiger partial charge is 0.268 e. The second-order valence-electron chi connectivity index (χ2n) is 11.6. The van der Waals surface area contributed by atoms with Gasteiger partial charge in [-0.25, -0.2) is 13.2 Å². The van der Waals surface area contributed by atoms with E-state index in [9.17, 15) is 18.0 Å². The van der Waals surface area contributed by atoms with Crippen LogP contribution in [0.25, 0.3) is 0 Å². The third kappa shape index (κ3) is 5.89. The van der Waals surface area contributed by atoms with Crippen LogP contribution in [0.1, 0.15) is 44.0 Å². The van der Waals surface area contributed by atoms with Gasteiger partial charge in [0.1, 0.15) is 5.82 Å². The average molecular weight is 528 g/mol. The van der Waals surface area contributed by atoms with Gasteiger partial charge < -0.3 is 15.1 Å². The van der Waals surface area contributed by atoms with E-state index in [0.717, 1.165) is 22.5 Å². The van der Waals surface area contributed by atoms with Crippen LogP contribution in [0.3, 0.4) is 0 Å². The van der Waals surface area contributed by atoms with E-state index in [-0.39, 0.29) is 48.7 Å². The molecule has 38 heavy (non-hydrogen) atoms. The Labute approximate surface area is 222 Å². The van der Waals surface area contributed by atoms with E-state index in [4.69, 9.17) is 4.98 Å². The van der Waals surface area contributed by atoms with Crippen molar-refractivity contribution in [3.05, 3.63) is 71.4 Å². The van der Waals surface area contributed by atoms with Crippen LogP contribution >= 0.6 is 0 Å². The molecule has 1 saturated heterocycles. The predicted molar refractivity (Wildman–Crippen MR) is 142 cm³/mol. The second kappa shape index (κ2) is 10.3. The van der Waals surface area contributed by atoms with Gasteiger partial charge in [-0.05, 0) is 48.9 Å². The van der Waals surface area contributed by atoms with Crippen molar-refractivity contribution in [2.24, 2.45) is 0 Å². The molecule has 0 radical (unpaired) electrons. The molecule has 1 N–H and O–H groups in total. The Bertz CT molecular complexity index is 1200. The summed E-state index contributed by atoms with van der Waals surface area (Å²) < 4.78 is 41.3. The molecule has 2 atom stereocenters. The normalized spacial score (nSPS) is 24.5. The quantitative estimate of drug-likeness (QED) is 0.617. The number of benzene rings is 1. The number of nitrogens with one attached hydrogen (secondary N) is 1. The number of hydrogen-bond donors (Lipinski definition) is 1. The number of anilines is 1. The second-order valence-corrected chi connectivity index (χ2v) is 11.6. The number of rotatable bonds is 6. The summed E-state index contributed by atoms with van der Waals surface area (Å²) in [6.07, 6.45) is 5.48. The molecule has 3 aliphatic heterocycles. The van der Waals surface area contributed by atoms with Crippen molar-refractivity contribution in [2.45, 2.75) is 57.0 Å². The fourth-order valence-corrected chi connectivity index (χ4v) is 5.78. The molecule has 6 nitrogen and oxygen atoms in total. The molecule has 3 aliphatic rings. The number of fused-ring (bicyclic) bond motifs is 1. The molecule has 0 bridgehead atoms. The maximum Gasteiger partial charge on any atom is 0.268 e. The first kappa shape index (κ1) is 26.7. The van der Waals surface area contributed by atoms with E-state index < -0.39 is 5.92 Å². The Morgan fingerprint density at radius 1 is 1.16 bits per heavy atom. The Balaban J connectivity index is 1.33. The summed E-state index contributed by atoms with van der Waals surface area (Å²) >= 11 is 0. The molecule has 1 aromatic carbocycles. The number of pyridine rings is 1. The lowest BCUT2D eigenvalue weighted by atomic mass is 9.91. The van der Waals surface area contributed by atoms with Crippen molar-refractivity contribution >= 4 is 11.6 Å². The lowest BCUT2D eigenvalue weighted by molar-refractivity contribution is -0.121. The van der Waals surface area contributed by atoms with Crippen LogP contribution in [0, 0.1) is 5.82 Å². The van der Waals surface area contributed by atoms with Crippen molar-refractivity contribution in [1.29, 1.82) is 0 Å². The van der Waals surface area contributed by atoms with Gasteiger partial charge in [0, 0.05) is 56.3 Å². The van der Waals surface area contributed by atoms with Crippen LogP contribution in [0.4, 0.5) is 18.9 Å². The summed E-state index contributed by atoms with van der Waals surface area (Å²) in [6, 6.07) is 8.57. The minimum Gasteiger partial charge on any atom is -0.370 e. The molecule has 1 fully saturated rings. The maximum atomic E-state index is 14.0. The van der Waals surface area contributed by atoms with Gasteiger partial charge in [-0.15, -0.1) is 0 Å². The van der Waals surface area contributed by atoms with Crippen LogP contribution < -0.4 is 10.2 Å². The number of alkyl halides is 2. The zero-order valence-corrected chi connectivity index (χ0v) is 22.3. The Kier molecular flexibility index (Phi) is 7.26. The van der Waals surface area contributed by atoms with Gasteiger partial charge in [0.15, 0.2) is 0 Å². The number of halogens is 3. The molecule has 2 aromatic rings. The predicted octanol–water partition coefficient (Wildman–Crippen LogP) is 3.95. The highest BCUT2D eigenvalue weighted by Gasteiger charge is 2.41. The topological polar surface area (TPSA) is 51.7 Å². The molecule has 0 spiro atoms. The fourth-order valence-electron chi connectivity index (χ4n) is 5.78. The number of carbonyl (C=O) groups excluding carboxylic acids is 1. The van der Waals surface area contributed by atoms with Gasteiger partial charge in [-0.3, -0.25) is 14.7 Å². The molecular formula is C29H36F3N5O.